The van der Waals surface area contributed by atoms with Crippen LogP contribution in [0.2, 0.25) is 0 Å². The van der Waals surface area contributed by atoms with Crippen molar-refractivity contribution in [2.75, 3.05) is 46.5 Å². The smallest absolute Gasteiger partial charge is 0.290 e. The van der Waals surface area contributed by atoms with Crippen molar-refractivity contribution in [1.29, 1.82) is 0 Å². The molecule has 0 saturated carbocycles. The molecule has 0 radical (unpaired) electrons. The van der Waals surface area contributed by atoms with Crippen LogP contribution in [-0.4, -0.2) is 73.1 Å². The lowest BCUT2D eigenvalue weighted by molar-refractivity contribution is -0.129. The molecule has 2 aliphatic heterocycles. The van der Waals surface area contributed by atoms with E-state index in [9.17, 15) is 14.7 Å². The van der Waals surface area contributed by atoms with E-state index >= 15 is 0 Å². The average molecular weight is 505 g/mol. The van der Waals surface area contributed by atoms with Crippen LogP contribution in [0, 0.1) is 0 Å². The molecular weight excluding hydrogens is 472 g/mol. The summed E-state index contributed by atoms with van der Waals surface area (Å²) in [5, 5.41) is 11.7. The number of ketones is 1. The molecule has 2 aromatic carbocycles. The highest BCUT2D eigenvalue weighted by Gasteiger charge is 2.44. The van der Waals surface area contributed by atoms with Crippen molar-refractivity contribution in [3.8, 4) is 5.75 Å². The van der Waals surface area contributed by atoms with Crippen LogP contribution in [0.4, 0.5) is 0 Å². The number of para-hydroxylation sites is 1. The minimum atomic E-state index is -0.725. The van der Waals surface area contributed by atoms with Crippen molar-refractivity contribution in [2.45, 2.75) is 25.8 Å². The Morgan fingerprint density at radius 1 is 1.11 bits per heavy atom. The monoisotopic (exact) mass is 504 g/mol. The predicted molar refractivity (Wildman–Crippen MR) is 139 cm³/mol. The fourth-order valence-electron chi connectivity index (χ4n) is 5.04. The van der Waals surface area contributed by atoms with E-state index in [0.29, 0.717) is 48.9 Å². The summed E-state index contributed by atoms with van der Waals surface area (Å²) in [6, 6.07) is 14.2. The van der Waals surface area contributed by atoms with Crippen molar-refractivity contribution >= 4 is 22.7 Å². The molecule has 5 rings (SSSR count). The van der Waals surface area contributed by atoms with Gasteiger partial charge in [-0.05, 0) is 29.2 Å². The molecule has 1 aromatic heterocycles. The number of rotatable bonds is 8. The normalized spacial score (nSPS) is 18.9. The third kappa shape index (κ3) is 4.74. The van der Waals surface area contributed by atoms with Crippen LogP contribution < -0.4 is 4.74 Å². The second kappa shape index (κ2) is 10.4. The minimum absolute atomic E-state index is 0.0299. The highest BCUT2D eigenvalue weighted by Crippen LogP contribution is 2.40. The molecule has 194 valence electrons. The summed E-state index contributed by atoms with van der Waals surface area (Å²) in [4.78, 5) is 31.0. The maximum Gasteiger partial charge on any atom is 0.290 e. The van der Waals surface area contributed by atoms with E-state index in [4.69, 9.17) is 13.9 Å². The third-order valence-corrected chi connectivity index (χ3v) is 7.18. The summed E-state index contributed by atoms with van der Waals surface area (Å²) >= 11 is 0. The van der Waals surface area contributed by atoms with Gasteiger partial charge in [0.05, 0.1) is 31.9 Å². The van der Waals surface area contributed by atoms with Gasteiger partial charge in [0.15, 0.2) is 22.9 Å². The van der Waals surface area contributed by atoms with Gasteiger partial charge < -0.3 is 23.9 Å². The number of fused-ring (bicyclic) bond motifs is 1. The van der Waals surface area contributed by atoms with E-state index in [1.165, 1.54) is 7.11 Å². The number of amides is 1. The minimum Gasteiger partial charge on any atom is -0.503 e. The number of Topliss-reactive ketones (excluding diaryl/α,β-unsaturated/α-hetero) is 1. The van der Waals surface area contributed by atoms with Gasteiger partial charge in [0.25, 0.3) is 5.91 Å². The molecule has 1 saturated heterocycles. The van der Waals surface area contributed by atoms with Crippen molar-refractivity contribution in [1.82, 2.24) is 9.80 Å². The molecule has 1 unspecified atom stereocenters. The Hall–Kier alpha value is -3.62. The zero-order valence-electron chi connectivity index (χ0n) is 21.4. The van der Waals surface area contributed by atoms with E-state index in [1.807, 2.05) is 36.4 Å². The molecule has 1 N–H and O–H groups in total. The summed E-state index contributed by atoms with van der Waals surface area (Å²) in [5.41, 5.74) is 2.39. The molecule has 1 atom stereocenters. The Balaban J connectivity index is 1.52. The molecule has 1 amide bonds. The first kappa shape index (κ1) is 25.0. The topological polar surface area (TPSA) is 92.5 Å². The Morgan fingerprint density at radius 2 is 1.84 bits per heavy atom. The van der Waals surface area contributed by atoms with Crippen LogP contribution in [0.15, 0.2) is 64.3 Å². The Morgan fingerprint density at radius 3 is 2.51 bits per heavy atom. The van der Waals surface area contributed by atoms with Crippen LogP contribution in [-0.2, 0) is 9.53 Å². The largest absolute Gasteiger partial charge is 0.503 e. The Bertz CT molecular complexity index is 1330. The lowest BCUT2D eigenvalue weighted by atomic mass is 9.93. The van der Waals surface area contributed by atoms with Crippen LogP contribution >= 0.6 is 0 Å². The molecule has 0 bridgehead atoms. The number of furan rings is 1. The summed E-state index contributed by atoms with van der Waals surface area (Å²) in [6.45, 7) is 8.06. The number of carbonyl (C=O) groups is 2. The van der Waals surface area contributed by atoms with Crippen LogP contribution in [0.1, 0.15) is 47.5 Å². The number of morpholine rings is 1. The van der Waals surface area contributed by atoms with Crippen molar-refractivity contribution in [3.63, 3.8) is 0 Å². The number of aliphatic hydroxyl groups excluding tert-OH is 1. The first-order valence-electron chi connectivity index (χ1n) is 12.6. The average Bonchev–Trinajstić information content (AvgIpc) is 3.47. The number of hydrogen-bond acceptors (Lipinski definition) is 7. The molecule has 0 aliphatic carbocycles. The van der Waals surface area contributed by atoms with Gasteiger partial charge in [-0.1, -0.05) is 50.2 Å². The van der Waals surface area contributed by atoms with Gasteiger partial charge in [0, 0.05) is 31.6 Å². The van der Waals surface area contributed by atoms with Gasteiger partial charge in [-0.15, -0.1) is 0 Å². The number of benzene rings is 2. The summed E-state index contributed by atoms with van der Waals surface area (Å²) in [7, 11) is 1.53. The van der Waals surface area contributed by atoms with E-state index < -0.39 is 23.5 Å². The predicted octanol–water partition coefficient (Wildman–Crippen LogP) is 4.48. The van der Waals surface area contributed by atoms with Crippen LogP contribution in [0.3, 0.4) is 0 Å². The maximum absolute atomic E-state index is 13.8. The SMILES string of the molecule is COc1cccc2cc(C(=O)C3=C(O)C(=O)N(CCN4CCOCC4)C3c3ccc(C(C)C)cc3)oc12. The van der Waals surface area contributed by atoms with Crippen molar-refractivity contribution in [3.05, 3.63) is 76.8 Å². The Labute approximate surface area is 216 Å². The fourth-order valence-corrected chi connectivity index (χ4v) is 5.04. The quantitative estimate of drug-likeness (QED) is 0.452. The zero-order chi connectivity index (χ0) is 26.1. The second-order valence-corrected chi connectivity index (χ2v) is 9.76. The molecule has 0 spiro atoms. The number of nitrogens with zero attached hydrogens (tertiary/aromatic N) is 2. The molecule has 1 fully saturated rings. The molecule has 3 aromatic rings. The number of ether oxygens (including phenoxy) is 2. The lowest BCUT2D eigenvalue weighted by Crippen LogP contribution is -2.43. The summed E-state index contributed by atoms with van der Waals surface area (Å²) in [5.74, 6) is -0.707. The maximum atomic E-state index is 13.8. The summed E-state index contributed by atoms with van der Waals surface area (Å²) < 4.78 is 16.7. The number of aliphatic hydroxyl groups is 1. The molecule has 8 nitrogen and oxygen atoms in total. The van der Waals surface area contributed by atoms with Crippen LogP contribution in [0.5, 0.6) is 5.75 Å². The van der Waals surface area contributed by atoms with Gasteiger partial charge in [-0.25, -0.2) is 0 Å². The molecule has 37 heavy (non-hydrogen) atoms. The number of carbonyl (C=O) groups excluding carboxylic acids is 2. The molecule has 8 heteroatoms. The van der Waals surface area contributed by atoms with Gasteiger partial charge in [-0.2, -0.15) is 0 Å². The first-order chi connectivity index (χ1) is 17.9. The summed E-state index contributed by atoms with van der Waals surface area (Å²) in [6.07, 6.45) is 0. The van der Waals surface area contributed by atoms with E-state index in [1.54, 1.807) is 17.0 Å². The standard InChI is InChI=1S/C29H32N2O6/c1-18(2)19-7-9-20(10-8-19)25-24(26(32)23-17-21-5-4-6-22(35-3)28(21)37-23)27(33)29(34)31(25)12-11-30-13-15-36-16-14-30/h4-10,17-18,25,33H,11-16H2,1-3H3. The van der Waals surface area contributed by atoms with Crippen molar-refractivity contribution in [2.24, 2.45) is 0 Å². The molecule has 2 aliphatic rings. The molecular formula is C29H32N2O6. The van der Waals surface area contributed by atoms with E-state index in [-0.39, 0.29) is 11.3 Å². The highest BCUT2D eigenvalue weighted by molar-refractivity contribution is 6.16. The number of hydrogen-bond donors (Lipinski definition) is 1. The number of methoxy groups -OCH3 is 1. The van der Waals surface area contributed by atoms with E-state index in [0.717, 1.165) is 24.2 Å². The van der Waals surface area contributed by atoms with Crippen LogP contribution in [0.25, 0.3) is 11.0 Å². The fraction of sp³-hybridized carbons (Fsp3) is 0.379. The Kier molecular flexibility index (Phi) is 7.04. The van der Waals surface area contributed by atoms with Gasteiger partial charge >= 0.3 is 0 Å². The van der Waals surface area contributed by atoms with E-state index in [2.05, 4.69) is 18.7 Å². The third-order valence-electron chi connectivity index (χ3n) is 7.18. The van der Waals surface area contributed by atoms with Gasteiger partial charge in [-0.3, -0.25) is 14.5 Å². The van der Waals surface area contributed by atoms with Gasteiger partial charge in [0.1, 0.15) is 0 Å². The van der Waals surface area contributed by atoms with Gasteiger partial charge in [0.2, 0.25) is 5.78 Å². The highest BCUT2D eigenvalue weighted by atomic mass is 16.5. The lowest BCUT2D eigenvalue weighted by Gasteiger charge is -2.31. The molecule has 3 heterocycles. The van der Waals surface area contributed by atoms with Crippen molar-refractivity contribution < 1.29 is 28.6 Å². The first-order valence-corrected chi connectivity index (χ1v) is 12.6. The second-order valence-electron chi connectivity index (χ2n) is 9.76. The zero-order valence-corrected chi connectivity index (χ0v) is 21.4.